The zero-order valence-electron chi connectivity index (χ0n) is 56.4. The number of hydrogen-bond donors (Lipinski definition) is 4. The maximum atomic E-state index is 12.4. The van der Waals surface area contributed by atoms with Crippen molar-refractivity contribution in [2.75, 3.05) is 151 Å². The molecule has 97 heavy (non-hydrogen) atoms. The number of benzene rings is 4. The Morgan fingerprint density at radius 3 is 1.40 bits per heavy atom. The van der Waals surface area contributed by atoms with Gasteiger partial charge < -0.3 is 50.8 Å². The molecule has 0 aliphatic carbocycles. The number of ether oxygens (including phenoxy) is 2. The number of nitrogens with one attached hydrogen (secondary N) is 3. The molecule has 8 aromatic rings. The van der Waals surface area contributed by atoms with E-state index in [1.54, 1.807) is 57.3 Å². The summed E-state index contributed by atoms with van der Waals surface area (Å²) in [6.07, 6.45) is 18.7. The maximum absolute atomic E-state index is 12.4. The van der Waals surface area contributed by atoms with Gasteiger partial charge in [-0.15, -0.1) is 0 Å². The van der Waals surface area contributed by atoms with E-state index >= 15 is 0 Å². The van der Waals surface area contributed by atoms with E-state index in [1.807, 2.05) is 26.0 Å². The molecule has 27 heteroatoms. The molecule has 12 rings (SSSR count). The second kappa shape index (κ2) is 33.6. The minimum atomic E-state index is -3.35. The molecule has 524 valence electrons. The number of nitrogens with zero attached hydrogens (tertiary/aromatic N) is 14. The molecule has 24 nitrogen and oxygen atoms in total. The number of fused-ring (bicyclic) bond motifs is 2. The monoisotopic (exact) mass is 1390 g/mol. The van der Waals surface area contributed by atoms with E-state index in [0.717, 1.165) is 118 Å². The number of piperidine rings is 2. The van der Waals surface area contributed by atoms with Gasteiger partial charge in [0.25, 0.3) is 0 Å². The van der Waals surface area contributed by atoms with Crippen molar-refractivity contribution in [3.8, 4) is 11.5 Å². The van der Waals surface area contributed by atoms with Crippen LogP contribution in [-0.4, -0.2) is 208 Å². The van der Waals surface area contributed by atoms with Gasteiger partial charge in [-0.2, -0.15) is 4.98 Å². The molecule has 4 saturated heterocycles. The summed E-state index contributed by atoms with van der Waals surface area (Å²) in [5.74, 6) is 2.62. The van der Waals surface area contributed by atoms with Crippen LogP contribution in [0.1, 0.15) is 87.8 Å². The molecular weight excluding hydrogens is 1290 g/mol. The number of rotatable bonds is 18. The molecule has 4 aromatic carbocycles. The number of nitrogens with two attached hydrogens (primary N) is 1. The van der Waals surface area contributed by atoms with Crippen molar-refractivity contribution in [3.63, 3.8) is 0 Å². The number of halogens is 1. The Labute approximate surface area is 579 Å². The van der Waals surface area contributed by atoms with Gasteiger partial charge in [0.1, 0.15) is 23.1 Å². The van der Waals surface area contributed by atoms with Gasteiger partial charge in [-0.05, 0) is 126 Å². The minimum Gasteiger partial charge on any atom is -0.495 e. The Hall–Kier alpha value is -7.85. The smallest absolute Gasteiger partial charge is 0.229 e. The average molecular weight is 1390 g/mol. The number of anilines is 9. The SMILES string of the molecule is C.C.CCc1cc(N)c(OC)cc1N1CCC(N2CCN(C)CC2)CC1.CCc1cc(Nc2ncc(C)c(Nc3ccc4nccnc4c3CS(C)(=O)=O)n2)c(OC)cc1N1CCC(N2CCN(C)CC2)CC1.Cc1cnc(Cl)nc1Nc1ccc2nccnc2c1CS(C)(=O)=O. The lowest BCUT2D eigenvalue weighted by Gasteiger charge is -2.43. The molecular formula is C70H99ClN18O6S2. The first-order valence-corrected chi connectivity index (χ1v) is 37.0. The fourth-order valence-corrected chi connectivity index (χ4v) is 14.7. The highest BCUT2D eigenvalue weighted by Crippen LogP contribution is 2.39. The van der Waals surface area contributed by atoms with E-state index in [-0.39, 0.29) is 31.6 Å². The molecule has 8 heterocycles. The molecule has 4 aliphatic heterocycles. The molecule has 0 radical (unpaired) electrons. The summed E-state index contributed by atoms with van der Waals surface area (Å²) in [7, 11) is 1.19. The normalized spacial score (nSPS) is 16.3. The summed E-state index contributed by atoms with van der Waals surface area (Å²) >= 11 is 5.84. The second-order valence-corrected chi connectivity index (χ2v) is 29.8. The van der Waals surface area contributed by atoms with Crippen LogP contribution in [0.25, 0.3) is 22.1 Å². The Morgan fingerprint density at radius 1 is 0.536 bits per heavy atom. The van der Waals surface area contributed by atoms with Crippen LogP contribution in [0.3, 0.4) is 0 Å². The molecule has 4 aromatic heterocycles. The molecule has 4 fully saturated rings. The van der Waals surface area contributed by atoms with Gasteiger partial charge in [-0.1, -0.05) is 28.7 Å². The number of aromatic nitrogens is 8. The molecule has 0 spiro atoms. The first-order chi connectivity index (χ1) is 45.6. The van der Waals surface area contributed by atoms with Crippen molar-refractivity contribution in [1.29, 1.82) is 0 Å². The van der Waals surface area contributed by atoms with Gasteiger partial charge in [0.15, 0.2) is 19.7 Å². The van der Waals surface area contributed by atoms with Crippen molar-refractivity contribution in [3.05, 3.63) is 124 Å². The van der Waals surface area contributed by atoms with E-state index in [2.05, 4.69) is 132 Å². The number of methoxy groups -OCH3 is 2. The number of sulfone groups is 2. The Bertz CT molecular complexity index is 4200. The quantitative estimate of drug-likeness (QED) is 0.0459. The van der Waals surface area contributed by atoms with Gasteiger partial charge in [-0.3, -0.25) is 29.7 Å². The van der Waals surface area contributed by atoms with E-state index < -0.39 is 19.7 Å². The highest BCUT2D eigenvalue weighted by atomic mass is 35.5. The Kier molecular flexibility index (Phi) is 26.0. The van der Waals surface area contributed by atoms with Crippen LogP contribution in [0.15, 0.2) is 85.7 Å². The topological polar surface area (TPSA) is 271 Å². The van der Waals surface area contributed by atoms with Crippen LogP contribution in [0.2, 0.25) is 5.28 Å². The summed E-state index contributed by atoms with van der Waals surface area (Å²) < 4.78 is 59.8. The third-order valence-electron chi connectivity index (χ3n) is 18.3. The molecule has 0 saturated carbocycles. The van der Waals surface area contributed by atoms with Crippen molar-refractivity contribution in [1.82, 2.24) is 59.5 Å². The summed E-state index contributed by atoms with van der Waals surface area (Å²) in [5.41, 5.74) is 18.9. The van der Waals surface area contributed by atoms with Crippen molar-refractivity contribution in [2.24, 2.45) is 0 Å². The van der Waals surface area contributed by atoms with Crippen LogP contribution in [0.5, 0.6) is 11.5 Å². The second-order valence-electron chi connectivity index (χ2n) is 25.2. The first-order valence-electron chi connectivity index (χ1n) is 32.5. The fourth-order valence-electron chi connectivity index (χ4n) is 13.0. The standard InChI is InChI=1S/C34H45N9O3S.C19H32N4O.C15H14ClN5O2S.2CH4/c1-6-24-19-29(31(46-4)20-30(24)43-13-9-25(10-14-43)42-17-15-41(3)16-18-42)39-34-37-21-23(2)33(40-34)38-27-7-8-28-32(36-12-11-35-28)26(27)22-47(5,44)45;1-4-15-13-17(20)19(24-3)14-18(15)23-7-5-16(6-8-23)22-11-9-21(2)10-12-22;1-9-7-19-15(16)21-14(9)20-11-3-4-12-13(18-6-5-17-12)10(11)8-24(2,22)23;;/h7-8,11-12,19-21,25H,6,9-10,13-18,22H2,1-5H3,(H2,37,38,39,40);13-14,16H,4-12,20H2,1-3H3;3-7H,8H2,1-2H3,(H,19,20,21);2*1H4. The highest BCUT2D eigenvalue weighted by Gasteiger charge is 2.30. The van der Waals surface area contributed by atoms with Gasteiger partial charge >= 0.3 is 0 Å². The third-order valence-corrected chi connectivity index (χ3v) is 20.1. The summed E-state index contributed by atoms with van der Waals surface area (Å²) in [6, 6.07) is 17.1. The predicted octanol–water partition coefficient (Wildman–Crippen LogP) is 10.5. The van der Waals surface area contributed by atoms with E-state index in [9.17, 15) is 16.8 Å². The van der Waals surface area contributed by atoms with E-state index in [0.29, 0.717) is 68.2 Å². The zero-order chi connectivity index (χ0) is 67.6. The molecule has 5 N–H and O–H groups in total. The largest absolute Gasteiger partial charge is 0.495 e. The predicted molar refractivity (Wildman–Crippen MR) is 396 cm³/mol. The van der Waals surface area contributed by atoms with Crippen LogP contribution in [0.4, 0.5) is 51.7 Å². The Balaban J connectivity index is 0.000000202. The number of likely N-dealkylation sites (N-methyl/N-ethyl adjacent to an activating group) is 2. The lowest BCUT2D eigenvalue weighted by molar-refractivity contribution is 0.0982. The molecule has 0 bridgehead atoms. The Morgan fingerprint density at radius 2 is 0.959 bits per heavy atom. The number of aryl methyl sites for hydroxylation is 4. The summed E-state index contributed by atoms with van der Waals surface area (Å²) in [6.45, 7) is 21.9. The van der Waals surface area contributed by atoms with Gasteiger partial charge in [-0.25, -0.2) is 31.8 Å². The van der Waals surface area contributed by atoms with Crippen LogP contribution < -0.4 is 41.0 Å². The zero-order valence-corrected chi connectivity index (χ0v) is 58.8. The van der Waals surface area contributed by atoms with Gasteiger partial charge in [0.05, 0.1) is 59.2 Å². The summed E-state index contributed by atoms with van der Waals surface area (Å²) in [5, 5.41) is 9.96. The lowest BCUT2D eigenvalue weighted by Crippen LogP contribution is -2.52. The number of hydrogen-bond acceptors (Lipinski definition) is 24. The highest BCUT2D eigenvalue weighted by molar-refractivity contribution is 7.90. The third kappa shape index (κ3) is 19.3. The van der Waals surface area contributed by atoms with Crippen LogP contribution >= 0.6 is 11.6 Å². The van der Waals surface area contributed by atoms with Crippen molar-refractivity contribution in [2.45, 2.75) is 105 Å². The maximum Gasteiger partial charge on any atom is 0.229 e. The van der Waals surface area contributed by atoms with E-state index in [1.165, 1.54) is 80.2 Å². The number of nitrogen functional groups attached to an aromatic ring is 1. The van der Waals surface area contributed by atoms with Crippen molar-refractivity contribution >= 4 is 105 Å². The molecule has 0 atom stereocenters. The van der Waals surface area contributed by atoms with E-state index in [4.69, 9.17) is 31.8 Å². The van der Waals surface area contributed by atoms with Crippen LogP contribution in [0, 0.1) is 13.8 Å². The van der Waals surface area contributed by atoms with Crippen LogP contribution in [-0.2, 0) is 44.0 Å². The minimum absolute atomic E-state index is 0. The lowest BCUT2D eigenvalue weighted by atomic mass is 9.99. The molecule has 0 unspecified atom stereocenters. The van der Waals surface area contributed by atoms with Crippen molar-refractivity contribution < 1.29 is 26.3 Å². The fraction of sp³-hybridized carbons (Fsp3) is 0.486. The van der Waals surface area contributed by atoms with Gasteiger partial charge in [0.2, 0.25) is 11.2 Å². The molecule has 4 aliphatic rings. The average Bonchev–Trinajstić information content (AvgIpc) is 0.816. The molecule has 0 amide bonds. The van der Waals surface area contributed by atoms with Gasteiger partial charge in [0, 0.05) is 197 Å². The number of piperazine rings is 2. The summed E-state index contributed by atoms with van der Waals surface area (Å²) in [4.78, 5) is 49.9. The first kappa shape index (κ1) is 74.9.